The highest BCUT2D eigenvalue weighted by molar-refractivity contribution is 5.76. The standard InChI is InChI=1S/C30H42FN3O5/c1-3-21-8-4-9-22(18-21)28-25(11-5-12-26(28)31)30(38,15-7-16-33-29(37)39-2)23-10-6-17-34(19-23)27(36)14-13-24(32)20-35/h4-5,8-9,11-12,18,23-24,35,38H,3,6-7,10,13-17,19-20,32H2,1-2H3,(H,33,37). The summed E-state index contributed by atoms with van der Waals surface area (Å²) < 4.78 is 20.2. The number of aryl methyl sites for hydroxylation is 1. The molecule has 1 saturated heterocycles. The molecule has 1 aliphatic rings. The molecule has 1 fully saturated rings. The Hall–Kier alpha value is -3.01. The first-order valence-corrected chi connectivity index (χ1v) is 13.8. The molecule has 0 aromatic heterocycles. The van der Waals surface area contributed by atoms with Crippen LogP contribution in [0, 0.1) is 11.7 Å². The number of ether oxygens (including phenoxy) is 1. The minimum atomic E-state index is -1.46. The van der Waals surface area contributed by atoms with E-state index >= 15 is 4.39 Å². The second-order valence-electron chi connectivity index (χ2n) is 10.3. The van der Waals surface area contributed by atoms with Crippen molar-refractivity contribution in [1.29, 1.82) is 0 Å². The Kier molecular flexibility index (Phi) is 11.3. The van der Waals surface area contributed by atoms with E-state index in [0.717, 1.165) is 12.0 Å². The first kappa shape index (κ1) is 30.5. The number of aliphatic hydroxyl groups excluding tert-OH is 1. The lowest BCUT2D eigenvalue weighted by Gasteiger charge is -2.44. The average molecular weight is 544 g/mol. The monoisotopic (exact) mass is 543 g/mol. The lowest BCUT2D eigenvalue weighted by atomic mass is 9.72. The van der Waals surface area contributed by atoms with Crippen LogP contribution in [-0.2, 0) is 21.6 Å². The number of piperidine rings is 1. The molecule has 214 valence electrons. The predicted octanol–water partition coefficient (Wildman–Crippen LogP) is 3.72. The third-order valence-electron chi connectivity index (χ3n) is 7.71. The van der Waals surface area contributed by atoms with Crippen molar-refractivity contribution in [2.45, 2.75) is 63.5 Å². The van der Waals surface area contributed by atoms with Gasteiger partial charge < -0.3 is 30.9 Å². The molecule has 2 aromatic rings. The predicted molar refractivity (Wildman–Crippen MR) is 148 cm³/mol. The van der Waals surface area contributed by atoms with E-state index in [4.69, 9.17) is 5.73 Å². The lowest BCUT2D eigenvalue weighted by Crippen LogP contribution is -2.48. The van der Waals surface area contributed by atoms with E-state index in [1.54, 1.807) is 17.0 Å². The van der Waals surface area contributed by atoms with Crippen LogP contribution in [0.25, 0.3) is 11.1 Å². The Morgan fingerprint density at radius 2 is 2.05 bits per heavy atom. The molecule has 3 unspecified atom stereocenters. The van der Waals surface area contributed by atoms with E-state index in [2.05, 4.69) is 10.1 Å². The number of alkyl carbamates (subject to hydrolysis) is 1. The highest BCUT2D eigenvalue weighted by Gasteiger charge is 2.43. The zero-order valence-electron chi connectivity index (χ0n) is 23.0. The largest absolute Gasteiger partial charge is 0.453 e. The zero-order chi connectivity index (χ0) is 28.4. The third kappa shape index (κ3) is 7.77. The van der Waals surface area contributed by atoms with Crippen LogP contribution in [0.15, 0.2) is 42.5 Å². The number of carbonyl (C=O) groups is 2. The summed E-state index contributed by atoms with van der Waals surface area (Å²) in [6.07, 6.45) is 2.85. The molecule has 0 aliphatic carbocycles. The number of hydrogen-bond donors (Lipinski definition) is 4. The van der Waals surface area contributed by atoms with E-state index in [1.165, 1.54) is 13.2 Å². The molecular weight excluding hydrogens is 501 g/mol. The van der Waals surface area contributed by atoms with Gasteiger partial charge in [-0.3, -0.25) is 4.79 Å². The Morgan fingerprint density at radius 3 is 2.77 bits per heavy atom. The van der Waals surface area contributed by atoms with Gasteiger partial charge in [-0.1, -0.05) is 43.3 Å². The van der Waals surface area contributed by atoms with Gasteiger partial charge in [0, 0.05) is 43.6 Å². The summed E-state index contributed by atoms with van der Waals surface area (Å²) in [6, 6.07) is 12.0. The second-order valence-corrected chi connectivity index (χ2v) is 10.3. The van der Waals surface area contributed by atoms with Crippen molar-refractivity contribution in [3.8, 4) is 11.1 Å². The van der Waals surface area contributed by atoms with E-state index in [0.29, 0.717) is 55.5 Å². The minimum absolute atomic E-state index is 0.0755. The fourth-order valence-electron chi connectivity index (χ4n) is 5.46. The number of methoxy groups -OCH3 is 1. The first-order chi connectivity index (χ1) is 18.7. The van der Waals surface area contributed by atoms with Gasteiger partial charge >= 0.3 is 6.09 Å². The minimum Gasteiger partial charge on any atom is -0.453 e. The number of nitrogens with one attached hydrogen (secondary N) is 1. The highest BCUT2D eigenvalue weighted by Crippen LogP contribution is 2.44. The summed E-state index contributed by atoms with van der Waals surface area (Å²) in [5, 5.41) is 24.3. The molecule has 0 saturated carbocycles. The number of benzene rings is 2. The van der Waals surface area contributed by atoms with Crippen LogP contribution < -0.4 is 11.1 Å². The molecule has 2 aromatic carbocycles. The molecule has 39 heavy (non-hydrogen) atoms. The van der Waals surface area contributed by atoms with Crippen LogP contribution in [0.5, 0.6) is 0 Å². The normalized spacial score (nSPS) is 17.8. The molecular formula is C30H42FN3O5. The maximum absolute atomic E-state index is 15.5. The van der Waals surface area contributed by atoms with Gasteiger partial charge in [0.1, 0.15) is 5.82 Å². The van der Waals surface area contributed by atoms with Crippen LogP contribution in [0.3, 0.4) is 0 Å². The van der Waals surface area contributed by atoms with E-state index in [9.17, 15) is 19.8 Å². The van der Waals surface area contributed by atoms with Gasteiger partial charge in [-0.25, -0.2) is 9.18 Å². The molecule has 0 radical (unpaired) electrons. The number of amides is 2. The molecule has 0 spiro atoms. The molecule has 1 heterocycles. The van der Waals surface area contributed by atoms with Crippen molar-refractivity contribution in [3.05, 3.63) is 59.4 Å². The Balaban J connectivity index is 1.97. The summed E-state index contributed by atoms with van der Waals surface area (Å²) in [6.45, 7) is 3.01. The second kappa shape index (κ2) is 14.4. The molecule has 2 amide bonds. The molecule has 8 nitrogen and oxygen atoms in total. The number of likely N-dealkylation sites (tertiary alicyclic amines) is 1. The number of halogens is 1. The fourth-order valence-corrected chi connectivity index (χ4v) is 5.46. The number of aliphatic hydroxyl groups is 2. The Bertz CT molecular complexity index is 1110. The van der Waals surface area contributed by atoms with E-state index < -0.39 is 23.6 Å². The number of rotatable bonds is 12. The molecule has 5 N–H and O–H groups in total. The van der Waals surface area contributed by atoms with E-state index in [-0.39, 0.29) is 37.8 Å². The van der Waals surface area contributed by atoms with Crippen LogP contribution in [0.4, 0.5) is 9.18 Å². The molecule has 3 atom stereocenters. The molecule has 3 rings (SSSR count). The summed E-state index contributed by atoms with van der Waals surface area (Å²) in [5.74, 6) is -0.850. The Morgan fingerprint density at radius 1 is 1.28 bits per heavy atom. The SMILES string of the molecule is CCc1cccc(-c2c(F)cccc2C(O)(CCCNC(=O)OC)C2CCCN(C(=O)CCC(N)CO)C2)c1. The van der Waals surface area contributed by atoms with Crippen molar-refractivity contribution >= 4 is 12.0 Å². The summed E-state index contributed by atoms with van der Waals surface area (Å²) in [5.41, 5.74) is 6.92. The molecule has 9 heteroatoms. The number of nitrogens with zero attached hydrogens (tertiary/aromatic N) is 1. The van der Waals surface area contributed by atoms with Gasteiger partial charge in [0.25, 0.3) is 0 Å². The molecule has 1 aliphatic heterocycles. The van der Waals surface area contributed by atoms with Gasteiger partial charge in [-0.2, -0.15) is 0 Å². The fraction of sp³-hybridized carbons (Fsp3) is 0.533. The Labute approximate surface area is 230 Å². The van der Waals surface area contributed by atoms with Gasteiger partial charge in [-0.05, 0) is 61.3 Å². The van der Waals surface area contributed by atoms with Crippen molar-refractivity contribution < 1.29 is 28.9 Å². The van der Waals surface area contributed by atoms with Crippen LogP contribution in [0.1, 0.15) is 56.6 Å². The van der Waals surface area contributed by atoms with E-state index in [1.807, 2.05) is 31.2 Å². The smallest absolute Gasteiger partial charge is 0.406 e. The maximum Gasteiger partial charge on any atom is 0.406 e. The quantitative estimate of drug-likeness (QED) is 0.303. The highest BCUT2D eigenvalue weighted by atomic mass is 19.1. The summed E-state index contributed by atoms with van der Waals surface area (Å²) >= 11 is 0. The maximum atomic E-state index is 15.5. The van der Waals surface area contributed by atoms with Crippen molar-refractivity contribution in [2.24, 2.45) is 11.7 Å². The molecule has 0 bridgehead atoms. The number of hydrogen-bond acceptors (Lipinski definition) is 6. The van der Waals surface area contributed by atoms with Crippen LogP contribution >= 0.6 is 0 Å². The van der Waals surface area contributed by atoms with Crippen molar-refractivity contribution in [2.75, 3.05) is 33.4 Å². The van der Waals surface area contributed by atoms with Gasteiger partial charge in [0.2, 0.25) is 5.91 Å². The first-order valence-electron chi connectivity index (χ1n) is 13.8. The van der Waals surface area contributed by atoms with Crippen LogP contribution in [-0.4, -0.2) is 66.5 Å². The van der Waals surface area contributed by atoms with Gasteiger partial charge in [0.15, 0.2) is 0 Å². The number of carbonyl (C=O) groups excluding carboxylic acids is 2. The summed E-state index contributed by atoms with van der Waals surface area (Å²) in [7, 11) is 1.29. The van der Waals surface area contributed by atoms with Crippen LogP contribution in [0.2, 0.25) is 0 Å². The zero-order valence-corrected chi connectivity index (χ0v) is 23.0. The summed E-state index contributed by atoms with van der Waals surface area (Å²) in [4.78, 5) is 26.3. The van der Waals surface area contributed by atoms with Gasteiger partial charge in [-0.15, -0.1) is 0 Å². The topological polar surface area (TPSA) is 125 Å². The number of nitrogens with two attached hydrogens (primary N) is 1. The van der Waals surface area contributed by atoms with Gasteiger partial charge in [0.05, 0.1) is 19.3 Å². The van der Waals surface area contributed by atoms with Crippen molar-refractivity contribution in [3.63, 3.8) is 0 Å². The average Bonchev–Trinajstić information content (AvgIpc) is 2.97. The van der Waals surface area contributed by atoms with Crippen molar-refractivity contribution in [1.82, 2.24) is 10.2 Å². The third-order valence-corrected chi connectivity index (χ3v) is 7.71. The lowest BCUT2D eigenvalue weighted by molar-refractivity contribution is -0.137.